The second kappa shape index (κ2) is 9.45. The number of ether oxygens (including phenoxy) is 1. The van der Waals surface area contributed by atoms with Gasteiger partial charge in [-0.2, -0.15) is 0 Å². The molecule has 3 aromatic carbocycles. The van der Waals surface area contributed by atoms with Crippen molar-refractivity contribution < 1.29 is 19.4 Å². The van der Waals surface area contributed by atoms with Gasteiger partial charge in [0.05, 0.1) is 22.7 Å². The van der Waals surface area contributed by atoms with Crippen LogP contribution in [0.25, 0.3) is 0 Å². The third kappa shape index (κ3) is 5.73. The van der Waals surface area contributed by atoms with Gasteiger partial charge >= 0.3 is 5.97 Å². The van der Waals surface area contributed by atoms with Crippen LogP contribution in [0.3, 0.4) is 0 Å². The van der Waals surface area contributed by atoms with Gasteiger partial charge in [-0.25, -0.2) is 0 Å². The normalized spacial score (nSPS) is 10.4. The minimum Gasteiger partial charge on any atom is -0.488 e. The summed E-state index contributed by atoms with van der Waals surface area (Å²) >= 11 is 12.3. The van der Waals surface area contributed by atoms with Gasteiger partial charge in [0.2, 0.25) is 0 Å². The number of aliphatic carboxylic acids is 1. The maximum absolute atomic E-state index is 12.8. The number of anilines is 1. The third-order valence-electron chi connectivity index (χ3n) is 4.06. The van der Waals surface area contributed by atoms with Crippen molar-refractivity contribution in [1.29, 1.82) is 0 Å². The van der Waals surface area contributed by atoms with E-state index in [0.29, 0.717) is 28.6 Å². The van der Waals surface area contributed by atoms with Gasteiger partial charge in [-0.3, -0.25) is 9.59 Å². The Morgan fingerprint density at radius 1 is 0.931 bits per heavy atom. The van der Waals surface area contributed by atoms with E-state index in [9.17, 15) is 9.59 Å². The topological polar surface area (TPSA) is 75.6 Å². The van der Waals surface area contributed by atoms with Crippen LogP contribution >= 0.6 is 23.2 Å². The fourth-order valence-electron chi connectivity index (χ4n) is 2.68. The zero-order valence-corrected chi connectivity index (χ0v) is 16.7. The Hall–Kier alpha value is -3.02. The fraction of sp³-hybridized carbons (Fsp3) is 0.0909. The first-order valence-corrected chi connectivity index (χ1v) is 9.46. The van der Waals surface area contributed by atoms with E-state index in [0.717, 1.165) is 5.56 Å². The predicted molar refractivity (Wildman–Crippen MR) is 113 cm³/mol. The Morgan fingerprint density at radius 3 is 2.38 bits per heavy atom. The number of rotatable bonds is 7. The third-order valence-corrected chi connectivity index (χ3v) is 4.61. The van der Waals surface area contributed by atoms with Crippen LogP contribution in [0.2, 0.25) is 10.0 Å². The Morgan fingerprint density at radius 2 is 1.69 bits per heavy atom. The SMILES string of the molecule is O=C(O)Cc1ccc(NC(=O)c2cc(Cl)ccc2OCc2ccccc2)c(Cl)c1. The number of carbonyl (C=O) groups is 2. The molecule has 2 N–H and O–H groups in total. The first-order chi connectivity index (χ1) is 13.9. The van der Waals surface area contributed by atoms with Crippen LogP contribution in [0, 0.1) is 0 Å². The standard InChI is InChI=1S/C22H17Cl2NO4/c23-16-7-9-20(29-13-14-4-2-1-3-5-14)17(12-16)22(28)25-19-8-6-15(10-18(19)24)11-21(26)27/h1-10,12H,11,13H2,(H,25,28)(H,26,27). The number of hydrogen-bond donors (Lipinski definition) is 2. The van der Waals surface area contributed by atoms with E-state index >= 15 is 0 Å². The lowest BCUT2D eigenvalue weighted by Crippen LogP contribution is -2.14. The molecule has 0 heterocycles. The second-order valence-electron chi connectivity index (χ2n) is 6.25. The summed E-state index contributed by atoms with van der Waals surface area (Å²) in [6, 6.07) is 19.0. The number of halogens is 2. The van der Waals surface area contributed by atoms with E-state index in [2.05, 4.69) is 5.32 Å². The molecule has 5 nitrogen and oxygen atoms in total. The Kier molecular flexibility index (Phi) is 6.75. The molecular weight excluding hydrogens is 413 g/mol. The first-order valence-electron chi connectivity index (χ1n) is 8.70. The van der Waals surface area contributed by atoms with Crippen LogP contribution < -0.4 is 10.1 Å². The van der Waals surface area contributed by atoms with Gasteiger partial charge < -0.3 is 15.2 Å². The number of benzene rings is 3. The molecule has 0 aromatic heterocycles. The second-order valence-corrected chi connectivity index (χ2v) is 7.10. The zero-order chi connectivity index (χ0) is 20.8. The lowest BCUT2D eigenvalue weighted by atomic mass is 10.1. The summed E-state index contributed by atoms with van der Waals surface area (Å²) in [5.74, 6) is -1.02. The maximum atomic E-state index is 12.8. The Bertz CT molecular complexity index is 1040. The van der Waals surface area contributed by atoms with E-state index in [1.807, 2.05) is 30.3 Å². The number of carboxylic acids is 1. The summed E-state index contributed by atoms with van der Waals surface area (Å²) in [5.41, 5.74) is 2.12. The van der Waals surface area contributed by atoms with E-state index < -0.39 is 11.9 Å². The van der Waals surface area contributed by atoms with E-state index in [4.69, 9.17) is 33.0 Å². The summed E-state index contributed by atoms with van der Waals surface area (Å²) in [6.45, 7) is 0.299. The van der Waals surface area contributed by atoms with Crippen molar-refractivity contribution in [1.82, 2.24) is 0 Å². The maximum Gasteiger partial charge on any atom is 0.307 e. The molecule has 1 amide bonds. The molecule has 0 aliphatic heterocycles. The molecule has 0 unspecified atom stereocenters. The highest BCUT2D eigenvalue weighted by molar-refractivity contribution is 6.34. The number of carboxylic acid groups (broad SMARTS) is 1. The lowest BCUT2D eigenvalue weighted by Gasteiger charge is -2.13. The van der Waals surface area contributed by atoms with Crippen molar-refractivity contribution in [2.24, 2.45) is 0 Å². The number of nitrogens with one attached hydrogen (secondary N) is 1. The van der Waals surface area contributed by atoms with Crippen molar-refractivity contribution in [2.75, 3.05) is 5.32 Å². The largest absolute Gasteiger partial charge is 0.488 e. The van der Waals surface area contributed by atoms with Gasteiger partial charge in [-0.05, 0) is 41.5 Å². The molecule has 0 aliphatic carbocycles. The molecule has 0 bridgehead atoms. The molecular formula is C22H17Cl2NO4. The van der Waals surface area contributed by atoms with Crippen LogP contribution in [0.4, 0.5) is 5.69 Å². The monoisotopic (exact) mass is 429 g/mol. The highest BCUT2D eigenvalue weighted by Crippen LogP contribution is 2.28. The number of hydrogen-bond acceptors (Lipinski definition) is 3. The van der Waals surface area contributed by atoms with Crippen molar-refractivity contribution in [3.63, 3.8) is 0 Å². The van der Waals surface area contributed by atoms with Gasteiger partial charge in [-0.15, -0.1) is 0 Å². The lowest BCUT2D eigenvalue weighted by molar-refractivity contribution is -0.136. The average molecular weight is 430 g/mol. The summed E-state index contributed by atoms with van der Waals surface area (Å²) in [5, 5.41) is 12.2. The van der Waals surface area contributed by atoms with E-state index in [1.165, 1.54) is 12.1 Å². The molecule has 29 heavy (non-hydrogen) atoms. The molecule has 0 atom stereocenters. The van der Waals surface area contributed by atoms with Gasteiger partial charge in [-0.1, -0.05) is 59.6 Å². The van der Waals surface area contributed by atoms with E-state index in [1.54, 1.807) is 24.3 Å². The van der Waals surface area contributed by atoms with Gasteiger partial charge in [0, 0.05) is 5.02 Å². The summed E-state index contributed by atoms with van der Waals surface area (Å²) < 4.78 is 5.81. The summed E-state index contributed by atoms with van der Waals surface area (Å²) in [6.07, 6.45) is -0.153. The summed E-state index contributed by atoms with van der Waals surface area (Å²) in [7, 11) is 0. The van der Waals surface area contributed by atoms with Crippen LogP contribution in [-0.2, 0) is 17.8 Å². The average Bonchev–Trinajstić information content (AvgIpc) is 2.69. The highest BCUT2D eigenvalue weighted by Gasteiger charge is 2.16. The zero-order valence-electron chi connectivity index (χ0n) is 15.2. The molecule has 0 saturated carbocycles. The van der Waals surface area contributed by atoms with Gasteiger partial charge in [0.1, 0.15) is 12.4 Å². The molecule has 0 fully saturated rings. The molecule has 0 saturated heterocycles. The minimum absolute atomic E-state index is 0.153. The molecule has 0 radical (unpaired) electrons. The highest BCUT2D eigenvalue weighted by atomic mass is 35.5. The van der Waals surface area contributed by atoms with Crippen molar-refractivity contribution in [2.45, 2.75) is 13.0 Å². The number of carbonyl (C=O) groups excluding carboxylic acids is 1. The Labute approximate surface area is 177 Å². The van der Waals surface area contributed by atoms with Gasteiger partial charge in [0.25, 0.3) is 5.91 Å². The quantitative estimate of drug-likeness (QED) is 0.523. The molecule has 7 heteroatoms. The molecule has 3 aromatic rings. The van der Waals surface area contributed by atoms with E-state index in [-0.39, 0.29) is 17.0 Å². The predicted octanol–water partition coefficient (Wildman–Crippen LogP) is 5.45. The van der Waals surface area contributed by atoms with Crippen LogP contribution in [0.1, 0.15) is 21.5 Å². The van der Waals surface area contributed by atoms with Crippen LogP contribution in [-0.4, -0.2) is 17.0 Å². The van der Waals surface area contributed by atoms with Gasteiger partial charge in [0.15, 0.2) is 0 Å². The molecule has 0 spiro atoms. The summed E-state index contributed by atoms with van der Waals surface area (Å²) in [4.78, 5) is 23.6. The Balaban J connectivity index is 1.78. The van der Waals surface area contributed by atoms with Crippen molar-refractivity contribution >= 4 is 40.8 Å². The minimum atomic E-state index is -0.961. The first kappa shape index (κ1) is 20.7. The number of amides is 1. The molecule has 0 aliphatic rings. The molecule has 3 rings (SSSR count). The van der Waals surface area contributed by atoms with Crippen LogP contribution in [0.15, 0.2) is 66.7 Å². The molecule has 148 valence electrons. The smallest absolute Gasteiger partial charge is 0.307 e. The van der Waals surface area contributed by atoms with Crippen molar-refractivity contribution in [3.05, 3.63) is 93.5 Å². The fourth-order valence-corrected chi connectivity index (χ4v) is 3.10. The van der Waals surface area contributed by atoms with Crippen molar-refractivity contribution in [3.8, 4) is 5.75 Å². The van der Waals surface area contributed by atoms with Crippen LogP contribution in [0.5, 0.6) is 5.75 Å².